The summed E-state index contributed by atoms with van der Waals surface area (Å²) >= 11 is 8.81. The SMILES string of the molecule is CC(C)(CSc1cnc(NC(=O)N(CCOCc2ccc(F)cc2Cl)C2CCCCC2)s1)C(=O)O. The predicted octanol–water partition coefficient (Wildman–Crippen LogP) is 6.52. The smallest absolute Gasteiger partial charge is 0.323 e. The Labute approximate surface area is 218 Å². The van der Waals surface area contributed by atoms with Gasteiger partial charge in [0.2, 0.25) is 0 Å². The lowest BCUT2D eigenvalue weighted by Crippen LogP contribution is -2.45. The number of thioether (sulfide) groups is 1. The number of hydrogen-bond acceptors (Lipinski definition) is 6. The van der Waals surface area contributed by atoms with Crippen LogP contribution in [0.15, 0.2) is 28.6 Å². The summed E-state index contributed by atoms with van der Waals surface area (Å²) in [6.45, 7) is 4.33. The molecule has 0 saturated heterocycles. The summed E-state index contributed by atoms with van der Waals surface area (Å²) in [5.41, 5.74) is -0.158. The molecule has 1 saturated carbocycles. The molecule has 0 unspecified atom stereocenters. The van der Waals surface area contributed by atoms with Gasteiger partial charge in [0.1, 0.15) is 5.82 Å². The van der Waals surface area contributed by atoms with Gasteiger partial charge in [0, 0.05) is 23.4 Å². The first kappa shape index (κ1) is 27.7. The van der Waals surface area contributed by atoms with Crippen molar-refractivity contribution in [2.45, 2.75) is 62.8 Å². The molecule has 3 rings (SSSR count). The molecule has 0 bridgehead atoms. The van der Waals surface area contributed by atoms with Crippen LogP contribution in [0.3, 0.4) is 0 Å². The Balaban J connectivity index is 1.56. The molecule has 0 aliphatic heterocycles. The Bertz CT molecular complexity index is 1010. The number of rotatable bonds is 11. The van der Waals surface area contributed by atoms with E-state index in [4.69, 9.17) is 16.3 Å². The number of carbonyl (C=O) groups excluding carboxylic acids is 1. The highest BCUT2D eigenvalue weighted by atomic mass is 35.5. The van der Waals surface area contributed by atoms with E-state index in [0.29, 0.717) is 34.6 Å². The number of carboxylic acid groups (broad SMARTS) is 1. The lowest BCUT2D eigenvalue weighted by molar-refractivity contribution is -0.145. The summed E-state index contributed by atoms with van der Waals surface area (Å²) in [6.07, 6.45) is 6.88. The minimum absolute atomic E-state index is 0.131. The minimum Gasteiger partial charge on any atom is -0.481 e. The van der Waals surface area contributed by atoms with E-state index < -0.39 is 17.2 Å². The average Bonchev–Trinajstić information content (AvgIpc) is 3.26. The Morgan fingerprint density at radius 1 is 1.34 bits per heavy atom. The summed E-state index contributed by atoms with van der Waals surface area (Å²) in [5.74, 6) is -0.843. The fourth-order valence-corrected chi connectivity index (χ4v) is 5.85. The molecule has 0 spiro atoms. The minimum atomic E-state index is -0.853. The van der Waals surface area contributed by atoms with Crippen molar-refractivity contribution < 1.29 is 23.8 Å². The molecule has 1 aliphatic rings. The number of ether oxygens (including phenoxy) is 1. The molecule has 1 aromatic carbocycles. The molecule has 0 atom stereocenters. The van der Waals surface area contributed by atoms with Crippen LogP contribution in [0.4, 0.5) is 14.3 Å². The molecule has 1 heterocycles. The Morgan fingerprint density at radius 2 is 2.09 bits per heavy atom. The van der Waals surface area contributed by atoms with Crippen LogP contribution in [0.5, 0.6) is 0 Å². The molecule has 0 radical (unpaired) electrons. The van der Waals surface area contributed by atoms with E-state index in [-0.39, 0.29) is 18.7 Å². The van der Waals surface area contributed by atoms with Crippen LogP contribution < -0.4 is 5.32 Å². The third-order valence-corrected chi connectivity index (χ3v) is 8.80. The third-order valence-electron chi connectivity index (χ3n) is 5.88. The van der Waals surface area contributed by atoms with Gasteiger partial charge < -0.3 is 14.7 Å². The molecule has 192 valence electrons. The average molecular weight is 544 g/mol. The van der Waals surface area contributed by atoms with Crippen molar-refractivity contribution in [3.05, 3.63) is 40.8 Å². The van der Waals surface area contributed by atoms with Gasteiger partial charge in [-0.25, -0.2) is 14.2 Å². The van der Waals surface area contributed by atoms with Crippen molar-refractivity contribution in [3.8, 4) is 0 Å². The van der Waals surface area contributed by atoms with Gasteiger partial charge in [-0.05, 0) is 44.4 Å². The fourth-order valence-electron chi connectivity index (χ4n) is 3.69. The molecule has 1 aromatic heterocycles. The maximum Gasteiger partial charge on any atom is 0.323 e. The highest BCUT2D eigenvalue weighted by Crippen LogP contribution is 2.33. The predicted molar refractivity (Wildman–Crippen MR) is 138 cm³/mol. The maximum atomic E-state index is 13.2. The Hall–Kier alpha value is -1.88. The van der Waals surface area contributed by atoms with Gasteiger partial charge in [0.25, 0.3) is 0 Å². The van der Waals surface area contributed by atoms with Crippen molar-refractivity contribution in [2.24, 2.45) is 5.41 Å². The molecule has 2 aromatic rings. The number of halogens is 2. The quantitative estimate of drug-likeness (QED) is 0.247. The van der Waals surface area contributed by atoms with Crippen molar-refractivity contribution in [1.82, 2.24) is 9.88 Å². The van der Waals surface area contributed by atoms with E-state index in [9.17, 15) is 19.1 Å². The van der Waals surface area contributed by atoms with Crippen molar-refractivity contribution in [1.29, 1.82) is 0 Å². The molecular formula is C24H31ClFN3O4S2. The van der Waals surface area contributed by atoms with Crippen LogP contribution >= 0.6 is 34.7 Å². The number of hydrogen-bond donors (Lipinski definition) is 2. The first-order valence-electron chi connectivity index (χ1n) is 11.6. The summed E-state index contributed by atoms with van der Waals surface area (Å²) in [4.78, 5) is 30.6. The second-order valence-electron chi connectivity index (χ2n) is 9.17. The van der Waals surface area contributed by atoms with Crippen molar-refractivity contribution in [3.63, 3.8) is 0 Å². The van der Waals surface area contributed by atoms with E-state index in [1.54, 1.807) is 26.1 Å². The monoisotopic (exact) mass is 543 g/mol. The standard InChI is InChI=1S/C24H31ClFN3O4S2/c1-24(2,21(30)31)15-34-20-13-27-22(35-20)28-23(32)29(18-6-4-3-5-7-18)10-11-33-14-16-8-9-17(26)12-19(16)25/h8-9,12-13,18H,3-7,10-11,14-15H2,1-2H3,(H,30,31)(H,27,28,32). The van der Waals surface area contributed by atoms with Gasteiger partial charge in [0.15, 0.2) is 5.13 Å². The van der Waals surface area contributed by atoms with Crippen LogP contribution in [-0.2, 0) is 16.1 Å². The number of amides is 2. The Morgan fingerprint density at radius 3 is 2.77 bits per heavy atom. The van der Waals surface area contributed by atoms with E-state index in [1.807, 2.05) is 4.90 Å². The number of carboxylic acids is 1. The van der Waals surface area contributed by atoms with Gasteiger partial charge in [-0.15, -0.1) is 11.8 Å². The molecular weight excluding hydrogens is 513 g/mol. The molecule has 7 nitrogen and oxygen atoms in total. The van der Waals surface area contributed by atoms with Crippen LogP contribution in [0.1, 0.15) is 51.5 Å². The zero-order valence-electron chi connectivity index (χ0n) is 19.9. The molecule has 2 amide bonds. The number of nitrogens with zero attached hydrogens (tertiary/aromatic N) is 2. The highest BCUT2D eigenvalue weighted by molar-refractivity contribution is 8.01. The molecule has 11 heteroatoms. The number of benzene rings is 1. The normalized spacial score (nSPS) is 14.6. The topological polar surface area (TPSA) is 91.8 Å². The highest BCUT2D eigenvalue weighted by Gasteiger charge is 2.28. The largest absolute Gasteiger partial charge is 0.481 e. The van der Waals surface area contributed by atoms with Crippen LogP contribution in [0.2, 0.25) is 5.02 Å². The lowest BCUT2D eigenvalue weighted by atomic mass is 9.94. The van der Waals surface area contributed by atoms with Crippen molar-refractivity contribution in [2.75, 3.05) is 24.2 Å². The van der Waals surface area contributed by atoms with Gasteiger partial charge in [-0.2, -0.15) is 0 Å². The number of thiazole rings is 1. The van der Waals surface area contributed by atoms with E-state index in [1.165, 1.54) is 41.7 Å². The molecule has 1 fully saturated rings. The third kappa shape index (κ3) is 8.34. The number of anilines is 1. The number of aliphatic carboxylic acids is 1. The van der Waals surface area contributed by atoms with Gasteiger partial charge in [-0.3, -0.25) is 10.1 Å². The van der Waals surface area contributed by atoms with Crippen LogP contribution in [0, 0.1) is 11.2 Å². The summed E-state index contributed by atoms with van der Waals surface area (Å²) in [6, 6.07) is 4.10. The Kier molecular flexibility index (Phi) is 10.2. The first-order valence-corrected chi connectivity index (χ1v) is 13.7. The van der Waals surface area contributed by atoms with Crippen molar-refractivity contribution >= 4 is 51.8 Å². The first-order chi connectivity index (χ1) is 16.7. The second kappa shape index (κ2) is 12.9. The summed E-state index contributed by atoms with van der Waals surface area (Å²) < 4.78 is 19.8. The number of aromatic nitrogens is 1. The molecule has 35 heavy (non-hydrogen) atoms. The molecule has 1 aliphatic carbocycles. The zero-order valence-corrected chi connectivity index (χ0v) is 22.3. The second-order valence-corrected chi connectivity index (χ2v) is 11.9. The fraction of sp³-hybridized carbons (Fsp3) is 0.542. The maximum absolute atomic E-state index is 13.2. The number of urea groups is 1. The number of nitrogens with one attached hydrogen (secondary N) is 1. The number of carbonyl (C=O) groups is 2. The van der Waals surface area contributed by atoms with E-state index in [2.05, 4.69) is 10.3 Å². The van der Waals surface area contributed by atoms with E-state index >= 15 is 0 Å². The zero-order chi connectivity index (χ0) is 25.4. The van der Waals surface area contributed by atoms with Gasteiger partial charge >= 0.3 is 12.0 Å². The van der Waals surface area contributed by atoms with E-state index in [0.717, 1.165) is 29.9 Å². The van der Waals surface area contributed by atoms with Gasteiger partial charge in [0.05, 0.1) is 29.0 Å². The van der Waals surface area contributed by atoms with Crippen LogP contribution in [-0.4, -0.2) is 51.9 Å². The van der Waals surface area contributed by atoms with Gasteiger partial charge in [-0.1, -0.05) is 48.3 Å². The summed E-state index contributed by atoms with van der Waals surface area (Å²) in [7, 11) is 0. The molecule has 2 N–H and O–H groups in total. The summed E-state index contributed by atoms with van der Waals surface area (Å²) in [5, 5.41) is 13.0. The lowest BCUT2D eigenvalue weighted by Gasteiger charge is -2.34. The van der Waals surface area contributed by atoms with Crippen LogP contribution in [0.25, 0.3) is 0 Å².